The fourth-order valence-electron chi connectivity index (χ4n) is 1.18. The second-order valence-electron chi connectivity index (χ2n) is 4.01. The molecule has 0 heterocycles. The predicted molar refractivity (Wildman–Crippen MR) is 43.8 cm³/mol. The third-order valence-corrected chi connectivity index (χ3v) is 1.79. The molecule has 0 saturated heterocycles. The molecular weight excluding hydrogens is 203 g/mol. The molecule has 0 aliphatic carbocycles. The Morgan fingerprint density at radius 3 is 1.47 bits per heavy atom. The van der Waals surface area contributed by atoms with E-state index in [1.54, 1.807) is 0 Å². The molecule has 0 spiro atoms. The molecule has 0 N–H and O–H groups in total. The zero-order valence-corrected chi connectivity index (χ0v) is 9.01. The van der Waals surface area contributed by atoms with Gasteiger partial charge in [-0.05, 0) is 5.41 Å². The summed E-state index contributed by atoms with van der Waals surface area (Å²) in [5.41, 5.74) is -1.59. The van der Waals surface area contributed by atoms with Gasteiger partial charge in [0.05, 0.1) is 11.6 Å². The molecule has 15 heavy (non-hydrogen) atoms. The molecule has 0 fully saturated rings. The van der Waals surface area contributed by atoms with Crippen LogP contribution in [0.1, 0.15) is 26.3 Å². The van der Waals surface area contributed by atoms with Crippen LogP contribution in [0.2, 0.25) is 0 Å². The molecule has 0 amide bonds. The van der Waals surface area contributed by atoms with E-state index >= 15 is 0 Å². The second kappa shape index (κ2) is 4.59. The Morgan fingerprint density at radius 1 is 0.867 bits per heavy atom. The van der Waals surface area contributed by atoms with Gasteiger partial charge in [0.15, 0.2) is 0 Å². The van der Waals surface area contributed by atoms with Gasteiger partial charge in [-0.15, -0.1) is 6.07 Å². The maximum atomic E-state index is 13.1. The van der Waals surface area contributed by atoms with E-state index in [-0.39, 0.29) is 18.9 Å². The predicted octanol–water partition coefficient (Wildman–Crippen LogP) is 0.345. The monoisotopic (exact) mass is 212 g/mol. The molecule has 5 heteroatoms. The largest absolute Gasteiger partial charge is 1.00 e. The summed E-state index contributed by atoms with van der Waals surface area (Å²) in [4.78, 5) is 0. The zero-order chi connectivity index (χ0) is 11.1. The molecule has 1 rings (SSSR count). The van der Waals surface area contributed by atoms with Gasteiger partial charge < -0.3 is 0 Å². The van der Waals surface area contributed by atoms with Crippen LogP contribution in [0.25, 0.3) is 0 Å². The minimum absolute atomic E-state index is 0. The van der Waals surface area contributed by atoms with Gasteiger partial charge in [-0.1, -0.05) is 26.3 Å². The Kier molecular flexibility index (Phi) is 4.45. The van der Waals surface area contributed by atoms with Crippen molar-refractivity contribution in [3.8, 4) is 0 Å². The molecule has 0 radical (unpaired) electrons. The van der Waals surface area contributed by atoms with E-state index in [1.807, 2.05) is 0 Å². The Balaban J connectivity index is 0.00000196. The summed E-state index contributed by atoms with van der Waals surface area (Å²) in [7, 11) is 0. The number of hydrogen-bond acceptors (Lipinski definition) is 0. The first-order valence-corrected chi connectivity index (χ1v) is 4.01. The van der Waals surface area contributed by atoms with Gasteiger partial charge in [-0.25, -0.2) is 8.78 Å². The molecule has 0 aromatic heterocycles. The molecule has 1 aromatic rings. The first-order chi connectivity index (χ1) is 6.25. The molecular formula is C10H9F4Li. The van der Waals surface area contributed by atoms with E-state index in [9.17, 15) is 17.6 Å². The smallest absolute Gasteiger partial charge is 0.281 e. The second-order valence-corrected chi connectivity index (χ2v) is 4.01. The minimum atomic E-state index is -1.49. The summed E-state index contributed by atoms with van der Waals surface area (Å²) in [6, 6.07) is 1.34. The van der Waals surface area contributed by atoms with Crippen LogP contribution in [0.4, 0.5) is 17.6 Å². The van der Waals surface area contributed by atoms with E-state index in [2.05, 4.69) is 0 Å². The van der Waals surface area contributed by atoms with Crippen molar-refractivity contribution in [1.82, 2.24) is 0 Å². The first-order valence-electron chi connectivity index (χ1n) is 4.01. The normalized spacial score (nSPS) is 11.1. The molecule has 0 aliphatic heterocycles. The maximum Gasteiger partial charge on any atom is 1.00 e. The van der Waals surface area contributed by atoms with Crippen LogP contribution in [0.15, 0.2) is 0 Å². The van der Waals surface area contributed by atoms with Crippen molar-refractivity contribution in [3.63, 3.8) is 0 Å². The van der Waals surface area contributed by atoms with E-state index in [1.165, 1.54) is 26.8 Å². The van der Waals surface area contributed by atoms with Crippen LogP contribution in [-0.4, -0.2) is 0 Å². The molecule has 0 nitrogen and oxygen atoms in total. The van der Waals surface area contributed by atoms with Gasteiger partial charge in [-0.3, -0.25) is 8.78 Å². The summed E-state index contributed by atoms with van der Waals surface area (Å²) in [6.45, 7) is 4.40. The van der Waals surface area contributed by atoms with E-state index in [4.69, 9.17) is 0 Å². The standard InChI is InChI=1S/C10H9F4.Li/c1-10(2,3)7-8(13)5(11)4-6(12)9(7)14;/h1-3H3;/q-1;+1. The summed E-state index contributed by atoms with van der Waals surface area (Å²) in [5, 5.41) is 0. The van der Waals surface area contributed by atoms with Crippen molar-refractivity contribution in [3.05, 3.63) is 34.9 Å². The van der Waals surface area contributed by atoms with Gasteiger partial charge in [-0.2, -0.15) is 0 Å². The van der Waals surface area contributed by atoms with Crippen LogP contribution in [0.3, 0.4) is 0 Å². The number of halogens is 4. The van der Waals surface area contributed by atoms with Crippen LogP contribution >= 0.6 is 0 Å². The topological polar surface area (TPSA) is 0 Å². The number of benzene rings is 1. The fourth-order valence-corrected chi connectivity index (χ4v) is 1.18. The molecule has 0 bridgehead atoms. The molecule has 0 aliphatic rings. The van der Waals surface area contributed by atoms with Crippen molar-refractivity contribution >= 4 is 0 Å². The van der Waals surface area contributed by atoms with E-state index in [0.717, 1.165) is 0 Å². The van der Waals surface area contributed by atoms with Gasteiger partial charge in [0.1, 0.15) is 0 Å². The molecule has 0 saturated carbocycles. The average molecular weight is 212 g/mol. The zero-order valence-electron chi connectivity index (χ0n) is 9.01. The van der Waals surface area contributed by atoms with Crippen LogP contribution in [0, 0.1) is 29.3 Å². The minimum Gasteiger partial charge on any atom is -0.281 e. The van der Waals surface area contributed by atoms with Crippen molar-refractivity contribution in [2.75, 3.05) is 0 Å². The summed E-state index contributed by atoms with van der Waals surface area (Å²) >= 11 is 0. The fraction of sp³-hybridized carbons (Fsp3) is 0.400. The third-order valence-electron chi connectivity index (χ3n) is 1.79. The quantitative estimate of drug-likeness (QED) is 0.252. The van der Waals surface area contributed by atoms with Crippen molar-refractivity contribution < 1.29 is 36.4 Å². The van der Waals surface area contributed by atoms with Crippen molar-refractivity contribution in [2.45, 2.75) is 26.2 Å². The molecule has 0 atom stereocenters. The first kappa shape index (κ1) is 14.5. The van der Waals surface area contributed by atoms with Crippen molar-refractivity contribution in [2.24, 2.45) is 0 Å². The van der Waals surface area contributed by atoms with E-state index < -0.39 is 34.2 Å². The van der Waals surface area contributed by atoms with Crippen LogP contribution in [-0.2, 0) is 5.41 Å². The SMILES string of the molecule is CC(C)(C)c1c(F)c(F)[c-]c(F)c1F.[Li+]. The number of hydrogen-bond donors (Lipinski definition) is 0. The third kappa shape index (κ3) is 2.76. The van der Waals surface area contributed by atoms with Gasteiger partial charge >= 0.3 is 18.9 Å². The number of rotatable bonds is 0. The van der Waals surface area contributed by atoms with Crippen molar-refractivity contribution in [1.29, 1.82) is 0 Å². The Bertz CT molecular complexity index is 342. The summed E-state index contributed by atoms with van der Waals surface area (Å²) in [5.74, 6) is -5.74. The summed E-state index contributed by atoms with van der Waals surface area (Å²) < 4.78 is 51.7. The maximum absolute atomic E-state index is 13.1. The van der Waals surface area contributed by atoms with Crippen LogP contribution in [0.5, 0.6) is 0 Å². The van der Waals surface area contributed by atoms with Gasteiger partial charge in [0.25, 0.3) is 0 Å². The van der Waals surface area contributed by atoms with Gasteiger partial charge in [0.2, 0.25) is 0 Å². The Labute approximate surface area is 97.9 Å². The Morgan fingerprint density at radius 2 is 1.20 bits per heavy atom. The molecule has 0 unspecified atom stereocenters. The van der Waals surface area contributed by atoms with E-state index in [0.29, 0.717) is 0 Å². The molecule has 78 valence electrons. The Hall–Kier alpha value is -0.463. The van der Waals surface area contributed by atoms with Gasteiger partial charge in [0, 0.05) is 11.6 Å². The molecule has 1 aromatic carbocycles. The summed E-state index contributed by atoms with van der Waals surface area (Å²) in [6.07, 6.45) is 0. The average Bonchev–Trinajstić information content (AvgIpc) is 1.98. The van der Waals surface area contributed by atoms with Crippen LogP contribution < -0.4 is 18.9 Å².